The van der Waals surface area contributed by atoms with Crippen molar-refractivity contribution >= 4 is 17.7 Å². The summed E-state index contributed by atoms with van der Waals surface area (Å²) in [5.41, 5.74) is 1.79. The van der Waals surface area contributed by atoms with Gasteiger partial charge in [0.2, 0.25) is 0 Å². The van der Waals surface area contributed by atoms with E-state index in [1.54, 1.807) is 0 Å². The standard InChI is InChI=1S/C26H32N2O3/c1-2-30-25(29)23-24(20-14-8-6-9-15-20)31-26(27-21-16-10-7-11-17-21)28(23)22-18-12-4-3-5-13-19-22/h6-11,14-17,22-24H,2-5,12-13,18-19H2,1H3/t23-,24+/m1/s1. The normalized spacial score (nSPS) is 23.8. The first-order valence-corrected chi connectivity index (χ1v) is 11.6. The number of carbonyl (C=O) groups excluding carboxylic acids is 1. The predicted octanol–water partition coefficient (Wildman–Crippen LogP) is 5.79. The van der Waals surface area contributed by atoms with Crippen LogP contribution in [0.4, 0.5) is 5.69 Å². The molecule has 1 aliphatic carbocycles. The predicted molar refractivity (Wildman–Crippen MR) is 122 cm³/mol. The van der Waals surface area contributed by atoms with Crippen LogP contribution < -0.4 is 0 Å². The Hall–Kier alpha value is -2.82. The number of carbonyl (C=O) groups is 1. The van der Waals surface area contributed by atoms with Crippen molar-refractivity contribution in [2.24, 2.45) is 4.99 Å². The Kier molecular flexibility index (Phi) is 7.23. The molecule has 2 atom stereocenters. The SMILES string of the molecule is CCOC(=O)[C@H]1[C@H](c2ccccc2)OC(=Nc2ccccc2)N1C1CCCCCCC1. The molecule has 2 aliphatic rings. The minimum Gasteiger partial charge on any atom is -0.464 e. The quantitative estimate of drug-likeness (QED) is 0.574. The molecule has 0 bridgehead atoms. The van der Waals surface area contributed by atoms with E-state index in [1.165, 1.54) is 19.3 Å². The third-order valence-electron chi connectivity index (χ3n) is 6.14. The first-order valence-electron chi connectivity index (χ1n) is 11.6. The summed E-state index contributed by atoms with van der Waals surface area (Å²) < 4.78 is 12.0. The number of ether oxygens (including phenoxy) is 2. The molecule has 2 aromatic carbocycles. The van der Waals surface area contributed by atoms with Gasteiger partial charge < -0.3 is 14.4 Å². The number of amidine groups is 1. The summed E-state index contributed by atoms with van der Waals surface area (Å²) in [6.45, 7) is 2.20. The molecule has 1 aliphatic heterocycles. The first kappa shape index (κ1) is 21.4. The van der Waals surface area contributed by atoms with Gasteiger partial charge in [0.25, 0.3) is 6.02 Å². The Labute approximate surface area is 185 Å². The van der Waals surface area contributed by atoms with Crippen LogP contribution in [0.1, 0.15) is 63.5 Å². The van der Waals surface area contributed by atoms with E-state index in [-0.39, 0.29) is 12.0 Å². The average molecular weight is 421 g/mol. The summed E-state index contributed by atoms with van der Waals surface area (Å²) >= 11 is 0. The molecule has 1 heterocycles. The van der Waals surface area contributed by atoms with Gasteiger partial charge in [-0.25, -0.2) is 4.79 Å². The fraction of sp³-hybridized carbons (Fsp3) is 0.462. The van der Waals surface area contributed by atoms with Gasteiger partial charge in [0.1, 0.15) is 0 Å². The molecule has 5 heteroatoms. The number of esters is 1. The van der Waals surface area contributed by atoms with Gasteiger partial charge in [-0.2, -0.15) is 4.99 Å². The van der Waals surface area contributed by atoms with Crippen LogP contribution in [-0.4, -0.2) is 35.6 Å². The van der Waals surface area contributed by atoms with Crippen LogP contribution in [0.5, 0.6) is 0 Å². The highest BCUT2D eigenvalue weighted by atomic mass is 16.6. The summed E-state index contributed by atoms with van der Waals surface area (Å²) in [6, 6.07) is 20.0. The van der Waals surface area contributed by atoms with Gasteiger partial charge in [-0.3, -0.25) is 0 Å². The van der Waals surface area contributed by atoms with Gasteiger partial charge >= 0.3 is 5.97 Å². The van der Waals surface area contributed by atoms with Crippen molar-refractivity contribution in [3.05, 3.63) is 66.2 Å². The Bertz CT molecular complexity index is 861. The lowest BCUT2D eigenvalue weighted by molar-refractivity contribution is -0.150. The molecule has 5 nitrogen and oxygen atoms in total. The van der Waals surface area contributed by atoms with E-state index in [0.29, 0.717) is 12.6 Å². The molecule has 0 amide bonds. The highest BCUT2D eigenvalue weighted by molar-refractivity contribution is 5.89. The van der Waals surface area contributed by atoms with Crippen molar-refractivity contribution in [1.82, 2.24) is 4.90 Å². The van der Waals surface area contributed by atoms with Crippen molar-refractivity contribution < 1.29 is 14.3 Å². The smallest absolute Gasteiger partial charge is 0.333 e. The van der Waals surface area contributed by atoms with Crippen molar-refractivity contribution in [3.8, 4) is 0 Å². The summed E-state index contributed by atoms with van der Waals surface area (Å²) in [6.07, 6.45) is 7.72. The molecule has 0 N–H and O–H groups in total. The van der Waals surface area contributed by atoms with E-state index in [2.05, 4.69) is 4.90 Å². The maximum atomic E-state index is 13.2. The number of hydrogen-bond donors (Lipinski definition) is 0. The van der Waals surface area contributed by atoms with Crippen LogP contribution in [0.15, 0.2) is 65.7 Å². The van der Waals surface area contributed by atoms with Crippen LogP contribution in [-0.2, 0) is 14.3 Å². The number of rotatable bonds is 5. The Morgan fingerprint density at radius 2 is 1.58 bits per heavy atom. The topological polar surface area (TPSA) is 51.1 Å². The van der Waals surface area contributed by atoms with E-state index < -0.39 is 12.1 Å². The molecule has 1 saturated heterocycles. The van der Waals surface area contributed by atoms with E-state index in [4.69, 9.17) is 14.5 Å². The fourth-order valence-electron chi connectivity index (χ4n) is 4.65. The minimum atomic E-state index is -0.533. The highest BCUT2D eigenvalue weighted by Gasteiger charge is 2.49. The Morgan fingerprint density at radius 1 is 0.968 bits per heavy atom. The van der Waals surface area contributed by atoms with Gasteiger partial charge in [-0.05, 0) is 37.5 Å². The lowest BCUT2D eigenvalue weighted by Gasteiger charge is -2.33. The van der Waals surface area contributed by atoms with Gasteiger partial charge in [0, 0.05) is 6.04 Å². The summed E-state index contributed by atoms with van der Waals surface area (Å²) in [4.78, 5) is 20.2. The second kappa shape index (κ2) is 10.5. The summed E-state index contributed by atoms with van der Waals surface area (Å²) in [5, 5.41) is 0. The van der Waals surface area contributed by atoms with Gasteiger partial charge in [0.05, 0.1) is 12.3 Å². The van der Waals surface area contributed by atoms with Crippen LogP contribution in [0, 0.1) is 0 Å². The highest BCUT2D eigenvalue weighted by Crippen LogP contribution is 2.38. The molecule has 2 aromatic rings. The van der Waals surface area contributed by atoms with Crippen molar-refractivity contribution in [2.45, 2.75) is 70.1 Å². The molecule has 164 valence electrons. The van der Waals surface area contributed by atoms with Crippen molar-refractivity contribution in [1.29, 1.82) is 0 Å². The first-order chi connectivity index (χ1) is 15.3. The maximum absolute atomic E-state index is 13.2. The average Bonchev–Trinajstić information content (AvgIpc) is 3.14. The molecule has 0 spiro atoms. The molecule has 4 rings (SSSR count). The zero-order valence-corrected chi connectivity index (χ0v) is 18.3. The largest absolute Gasteiger partial charge is 0.464 e. The lowest BCUT2D eigenvalue weighted by atomic mass is 9.93. The summed E-state index contributed by atoms with van der Waals surface area (Å²) in [5.74, 6) is -0.239. The minimum absolute atomic E-state index is 0.214. The third-order valence-corrected chi connectivity index (χ3v) is 6.14. The summed E-state index contributed by atoms with van der Waals surface area (Å²) in [7, 11) is 0. The fourth-order valence-corrected chi connectivity index (χ4v) is 4.65. The van der Waals surface area contributed by atoms with Gasteiger partial charge in [0.15, 0.2) is 12.1 Å². The van der Waals surface area contributed by atoms with E-state index in [9.17, 15) is 4.79 Å². The van der Waals surface area contributed by atoms with Crippen molar-refractivity contribution in [3.63, 3.8) is 0 Å². The molecule has 0 radical (unpaired) electrons. The molecule has 31 heavy (non-hydrogen) atoms. The molecule has 0 unspecified atom stereocenters. The number of nitrogens with zero attached hydrogens (tertiary/aromatic N) is 2. The van der Waals surface area contributed by atoms with Crippen LogP contribution >= 0.6 is 0 Å². The van der Waals surface area contributed by atoms with E-state index in [1.807, 2.05) is 67.6 Å². The Morgan fingerprint density at radius 3 is 2.23 bits per heavy atom. The number of para-hydroxylation sites is 1. The Balaban J connectivity index is 1.76. The zero-order valence-electron chi connectivity index (χ0n) is 18.3. The second-order valence-electron chi connectivity index (χ2n) is 8.28. The van der Waals surface area contributed by atoms with Crippen molar-refractivity contribution in [2.75, 3.05) is 6.61 Å². The number of hydrogen-bond acceptors (Lipinski definition) is 4. The van der Waals surface area contributed by atoms with Gasteiger partial charge in [-0.15, -0.1) is 0 Å². The third kappa shape index (κ3) is 5.09. The van der Waals surface area contributed by atoms with E-state index in [0.717, 1.165) is 36.9 Å². The van der Waals surface area contributed by atoms with Gasteiger partial charge in [-0.1, -0.05) is 80.6 Å². The number of benzene rings is 2. The van der Waals surface area contributed by atoms with Crippen LogP contribution in [0.2, 0.25) is 0 Å². The van der Waals surface area contributed by atoms with Crippen LogP contribution in [0.3, 0.4) is 0 Å². The lowest BCUT2D eigenvalue weighted by Crippen LogP contribution is -2.48. The molecular formula is C26H32N2O3. The monoisotopic (exact) mass is 420 g/mol. The molecule has 0 aromatic heterocycles. The zero-order chi connectivity index (χ0) is 21.5. The molecular weight excluding hydrogens is 388 g/mol. The van der Waals surface area contributed by atoms with E-state index >= 15 is 0 Å². The number of aliphatic imine (C=N–C) groups is 1. The van der Waals surface area contributed by atoms with Crippen LogP contribution in [0.25, 0.3) is 0 Å². The maximum Gasteiger partial charge on any atom is 0.333 e. The molecule has 1 saturated carbocycles. The second-order valence-corrected chi connectivity index (χ2v) is 8.28. The molecule has 2 fully saturated rings.